The van der Waals surface area contributed by atoms with Crippen LogP contribution in [0, 0.1) is 0 Å². The molecule has 0 saturated heterocycles. The predicted octanol–water partition coefficient (Wildman–Crippen LogP) is 2.02. The van der Waals surface area contributed by atoms with E-state index in [1.165, 1.54) is 4.57 Å². The van der Waals surface area contributed by atoms with Gasteiger partial charge in [-0.05, 0) is 47.9 Å². The quantitative estimate of drug-likeness (QED) is 0.371. The first-order chi connectivity index (χ1) is 16.0. The molecule has 4 N–H and O–H groups in total. The second kappa shape index (κ2) is 8.18. The highest BCUT2D eigenvalue weighted by atomic mass is 16.5. The number of aromatic amines is 2. The number of nitrogens with one attached hydrogen (secondary N) is 3. The maximum atomic E-state index is 12.9. The molecule has 1 atom stereocenters. The Balaban J connectivity index is 1.61. The van der Waals surface area contributed by atoms with Crippen LogP contribution >= 0.6 is 0 Å². The summed E-state index contributed by atoms with van der Waals surface area (Å²) in [5.41, 5.74) is 2.35. The summed E-state index contributed by atoms with van der Waals surface area (Å²) in [5, 5.41) is 15.4. The van der Waals surface area contributed by atoms with Gasteiger partial charge >= 0.3 is 5.69 Å². The second-order valence-electron chi connectivity index (χ2n) is 8.00. The highest BCUT2D eigenvalue weighted by Gasteiger charge is 2.31. The Morgan fingerprint density at radius 3 is 2.48 bits per heavy atom. The number of nitrogens with zero attached hydrogens (tertiary/aromatic N) is 1. The number of aromatic nitrogens is 3. The summed E-state index contributed by atoms with van der Waals surface area (Å²) in [6.07, 6.45) is 0.753. The van der Waals surface area contributed by atoms with Gasteiger partial charge in [-0.3, -0.25) is 14.3 Å². The first kappa shape index (κ1) is 20.9. The molecule has 33 heavy (non-hydrogen) atoms. The lowest BCUT2D eigenvalue weighted by Crippen LogP contribution is -2.39. The largest absolute Gasteiger partial charge is 0.497 e. The van der Waals surface area contributed by atoms with Crippen molar-refractivity contribution < 1.29 is 14.6 Å². The Labute approximate surface area is 188 Å². The second-order valence-corrected chi connectivity index (χ2v) is 8.00. The van der Waals surface area contributed by atoms with Crippen LogP contribution in [0.2, 0.25) is 0 Å². The van der Waals surface area contributed by atoms with Gasteiger partial charge in [-0.1, -0.05) is 12.1 Å². The predicted molar refractivity (Wildman–Crippen MR) is 123 cm³/mol. The van der Waals surface area contributed by atoms with Crippen molar-refractivity contribution in [3.8, 4) is 17.4 Å². The van der Waals surface area contributed by atoms with Gasteiger partial charge in [0.05, 0.1) is 26.8 Å². The maximum Gasteiger partial charge on any atom is 0.331 e. The van der Waals surface area contributed by atoms with Crippen molar-refractivity contribution in [2.45, 2.75) is 19.0 Å². The Kier molecular flexibility index (Phi) is 5.18. The first-order valence-corrected chi connectivity index (χ1v) is 10.6. The van der Waals surface area contributed by atoms with Gasteiger partial charge in [0.1, 0.15) is 17.1 Å². The van der Waals surface area contributed by atoms with Crippen molar-refractivity contribution in [3.63, 3.8) is 0 Å². The van der Waals surface area contributed by atoms with Crippen molar-refractivity contribution in [3.05, 3.63) is 85.7 Å². The molecule has 1 aliphatic rings. The summed E-state index contributed by atoms with van der Waals surface area (Å²) in [7, 11) is 3.19. The van der Waals surface area contributed by atoms with Gasteiger partial charge in [0.15, 0.2) is 0 Å². The van der Waals surface area contributed by atoms with Crippen molar-refractivity contribution >= 4 is 10.9 Å². The molecule has 1 aliphatic heterocycles. The van der Waals surface area contributed by atoms with Crippen molar-refractivity contribution in [2.24, 2.45) is 0 Å². The van der Waals surface area contributed by atoms with Gasteiger partial charge in [0.2, 0.25) is 5.88 Å². The third-order valence-electron chi connectivity index (χ3n) is 6.15. The van der Waals surface area contributed by atoms with Crippen molar-refractivity contribution in [1.29, 1.82) is 0 Å². The monoisotopic (exact) mass is 448 g/mol. The standard InChI is InChI=1S/C24H24N4O5/c1-32-14-5-3-13(4-6-14)12-28-23(30)19(22(29)27-24(28)31)21-20-16(9-10-25-21)17-11-15(33-2)7-8-18(17)26-20/h3-8,11,21,25-26,30H,9-10,12H2,1-2H3,(H,27,29,31). The van der Waals surface area contributed by atoms with Crippen LogP contribution in [0.4, 0.5) is 0 Å². The molecule has 0 spiro atoms. The topological polar surface area (TPSA) is 121 Å². The molecule has 0 amide bonds. The summed E-state index contributed by atoms with van der Waals surface area (Å²) < 4.78 is 11.7. The zero-order chi connectivity index (χ0) is 23.1. The SMILES string of the molecule is COc1ccc(Cn2c(O)c(C3NCCc4c3[nH]c3ccc(OC)cc43)c(=O)[nH]c2=O)cc1. The van der Waals surface area contributed by atoms with E-state index in [2.05, 4.69) is 15.3 Å². The first-order valence-electron chi connectivity index (χ1n) is 10.6. The molecule has 0 saturated carbocycles. The molecule has 0 fully saturated rings. The number of H-pyrrole nitrogens is 2. The molecule has 4 aromatic rings. The van der Waals surface area contributed by atoms with E-state index in [9.17, 15) is 14.7 Å². The molecular formula is C24H24N4O5. The Bertz CT molecular complexity index is 1450. The van der Waals surface area contributed by atoms with E-state index >= 15 is 0 Å². The number of hydrogen-bond acceptors (Lipinski definition) is 6. The maximum absolute atomic E-state index is 12.9. The molecule has 2 aromatic carbocycles. The van der Waals surface area contributed by atoms with E-state index < -0.39 is 17.3 Å². The van der Waals surface area contributed by atoms with Crippen molar-refractivity contribution in [2.75, 3.05) is 20.8 Å². The summed E-state index contributed by atoms with van der Waals surface area (Å²) in [6.45, 7) is 0.709. The number of benzene rings is 2. The molecule has 5 rings (SSSR count). The molecule has 9 nitrogen and oxygen atoms in total. The molecule has 2 aromatic heterocycles. The number of ether oxygens (including phenoxy) is 2. The van der Waals surface area contributed by atoms with Crippen LogP contribution in [0.1, 0.15) is 28.4 Å². The molecule has 1 unspecified atom stereocenters. The van der Waals surface area contributed by atoms with Gasteiger partial charge in [-0.15, -0.1) is 0 Å². The third kappa shape index (κ3) is 3.56. The van der Waals surface area contributed by atoms with E-state index in [4.69, 9.17) is 9.47 Å². The van der Waals surface area contributed by atoms with E-state index in [1.807, 2.05) is 18.2 Å². The number of fused-ring (bicyclic) bond motifs is 3. The zero-order valence-electron chi connectivity index (χ0n) is 18.3. The van der Waals surface area contributed by atoms with Crippen LogP contribution in [0.15, 0.2) is 52.1 Å². The molecule has 3 heterocycles. The smallest absolute Gasteiger partial charge is 0.331 e. The van der Waals surface area contributed by atoms with E-state index in [0.29, 0.717) is 12.3 Å². The van der Waals surface area contributed by atoms with Crippen molar-refractivity contribution in [1.82, 2.24) is 19.9 Å². The Hall–Kier alpha value is -3.98. The summed E-state index contributed by atoms with van der Waals surface area (Å²) in [4.78, 5) is 31.2. The van der Waals surface area contributed by atoms with Crippen LogP contribution in [0.3, 0.4) is 0 Å². The van der Waals surface area contributed by atoms with Gasteiger partial charge in [0, 0.05) is 23.1 Å². The van der Waals surface area contributed by atoms with Gasteiger partial charge < -0.3 is 24.9 Å². The summed E-state index contributed by atoms with van der Waals surface area (Å²) in [6, 6.07) is 12.3. The number of methoxy groups -OCH3 is 2. The van der Waals surface area contributed by atoms with E-state index in [0.717, 1.165) is 39.9 Å². The third-order valence-corrected chi connectivity index (χ3v) is 6.15. The average Bonchev–Trinajstić information content (AvgIpc) is 3.20. The number of rotatable bonds is 5. The van der Waals surface area contributed by atoms with Gasteiger partial charge in [0.25, 0.3) is 5.56 Å². The van der Waals surface area contributed by atoms with E-state index in [1.54, 1.807) is 38.5 Å². The highest BCUT2D eigenvalue weighted by Crippen LogP contribution is 2.36. The lowest BCUT2D eigenvalue weighted by atomic mass is 9.95. The van der Waals surface area contributed by atoms with Crippen LogP contribution in [0.25, 0.3) is 10.9 Å². The molecule has 170 valence electrons. The summed E-state index contributed by atoms with van der Waals surface area (Å²) >= 11 is 0. The molecule has 9 heteroatoms. The Morgan fingerprint density at radius 2 is 1.76 bits per heavy atom. The van der Waals surface area contributed by atoms with Gasteiger partial charge in [-0.2, -0.15) is 0 Å². The highest BCUT2D eigenvalue weighted by molar-refractivity contribution is 5.86. The fourth-order valence-electron chi connectivity index (χ4n) is 4.48. The number of aromatic hydroxyl groups is 1. The van der Waals surface area contributed by atoms with Crippen LogP contribution < -0.4 is 26.0 Å². The number of hydrogen-bond donors (Lipinski definition) is 4. The van der Waals surface area contributed by atoms with Crippen LogP contribution in [0.5, 0.6) is 17.4 Å². The normalized spacial score (nSPS) is 15.4. The molecule has 0 aliphatic carbocycles. The molecule has 0 radical (unpaired) electrons. The zero-order valence-corrected chi connectivity index (χ0v) is 18.3. The summed E-state index contributed by atoms with van der Waals surface area (Å²) in [5.74, 6) is 1.07. The lowest BCUT2D eigenvalue weighted by Gasteiger charge is -2.25. The molecule has 0 bridgehead atoms. The Morgan fingerprint density at radius 1 is 1.03 bits per heavy atom. The van der Waals surface area contributed by atoms with Crippen LogP contribution in [-0.2, 0) is 13.0 Å². The van der Waals surface area contributed by atoms with Gasteiger partial charge in [-0.25, -0.2) is 4.79 Å². The fraction of sp³-hybridized carbons (Fsp3) is 0.250. The molecular weight excluding hydrogens is 424 g/mol. The minimum Gasteiger partial charge on any atom is -0.497 e. The van der Waals surface area contributed by atoms with E-state index in [-0.39, 0.29) is 18.0 Å². The minimum absolute atomic E-state index is 0.0991. The van der Waals surface area contributed by atoms with Crippen LogP contribution in [-0.4, -0.2) is 40.4 Å². The minimum atomic E-state index is -0.672. The average molecular weight is 448 g/mol. The fourth-order valence-corrected chi connectivity index (χ4v) is 4.48. The lowest BCUT2D eigenvalue weighted by molar-refractivity contribution is 0.390.